The number of halogens is 1. The molecule has 28 heavy (non-hydrogen) atoms. The molecule has 2 rings (SSSR count). The number of amides is 1. The van der Waals surface area contributed by atoms with Gasteiger partial charge in [-0.15, -0.1) is 0 Å². The zero-order chi connectivity index (χ0) is 20.4. The smallest absolute Gasteiger partial charge is 0.331 e. The molecule has 0 aliphatic heterocycles. The Morgan fingerprint density at radius 2 is 1.93 bits per heavy atom. The van der Waals surface area contributed by atoms with E-state index in [0.29, 0.717) is 23.1 Å². The monoisotopic (exact) mass is 403 g/mol. The van der Waals surface area contributed by atoms with Crippen LogP contribution in [0.3, 0.4) is 0 Å². The molecule has 0 aliphatic carbocycles. The Labute approximate surface area is 169 Å². The van der Waals surface area contributed by atoms with Crippen molar-refractivity contribution in [3.8, 4) is 11.5 Å². The van der Waals surface area contributed by atoms with Gasteiger partial charge in [0.25, 0.3) is 5.91 Å². The van der Waals surface area contributed by atoms with Crippen LogP contribution in [0.15, 0.2) is 48.5 Å². The first-order valence-electron chi connectivity index (χ1n) is 8.69. The fourth-order valence-corrected chi connectivity index (χ4v) is 2.50. The summed E-state index contributed by atoms with van der Waals surface area (Å²) in [7, 11) is 1.54. The number of hydrogen-bond acceptors (Lipinski definition) is 5. The second-order valence-electron chi connectivity index (χ2n) is 5.65. The van der Waals surface area contributed by atoms with Crippen LogP contribution in [0.2, 0.25) is 5.02 Å². The number of carbonyl (C=O) groups excluding carboxylic acids is 2. The van der Waals surface area contributed by atoms with E-state index in [9.17, 15) is 9.59 Å². The highest BCUT2D eigenvalue weighted by atomic mass is 35.5. The summed E-state index contributed by atoms with van der Waals surface area (Å²) in [6.07, 6.45) is 2.82. The summed E-state index contributed by atoms with van der Waals surface area (Å²) < 4.78 is 15.6. The molecule has 6 nitrogen and oxygen atoms in total. The summed E-state index contributed by atoms with van der Waals surface area (Å²) in [6, 6.07) is 12.5. The summed E-state index contributed by atoms with van der Waals surface area (Å²) in [5.74, 6) is 0.154. The van der Waals surface area contributed by atoms with Crippen LogP contribution in [-0.2, 0) is 20.9 Å². The molecule has 0 saturated carbocycles. The molecule has 2 aromatic carbocycles. The van der Waals surface area contributed by atoms with E-state index in [1.165, 1.54) is 6.08 Å². The van der Waals surface area contributed by atoms with E-state index in [-0.39, 0.29) is 13.2 Å². The van der Waals surface area contributed by atoms with Crippen LogP contribution < -0.4 is 14.8 Å². The van der Waals surface area contributed by atoms with Crippen LogP contribution in [0.5, 0.6) is 11.5 Å². The standard InChI is InChI=1S/C21H22ClNO5/c1-3-27-18-10-8-15(12-19(18)26-2)9-11-21(25)28-14-20(24)23-13-16-6-4-5-7-17(16)22/h4-12H,3,13-14H2,1-2H3,(H,23,24)/b11-9+. The van der Waals surface area contributed by atoms with Crippen LogP contribution in [0.1, 0.15) is 18.1 Å². The van der Waals surface area contributed by atoms with Gasteiger partial charge in [-0.1, -0.05) is 35.9 Å². The Bertz CT molecular complexity index is 850. The highest BCUT2D eigenvalue weighted by molar-refractivity contribution is 6.31. The molecule has 0 atom stereocenters. The summed E-state index contributed by atoms with van der Waals surface area (Å²) in [5, 5.41) is 3.21. The molecule has 2 aromatic rings. The van der Waals surface area contributed by atoms with Crippen LogP contribution in [-0.4, -0.2) is 32.2 Å². The number of carbonyl (C=O) groups is 2. The van der Waals surface area contributed by atoms with Crippen molar-refractivity contribution >= 4 is 29.6 Å². The van der Waals surface area contributed by atoms with Crippen molar-refractivity contribution in [1.29, 1.82) is 0 Å². The lowest BCUT2D eigenvalue weighted by Gasteiger charge is -2.09. The minimum atomic E-state index is -0.624. The van der Waals surface area contributed by atoms with E-state index in [1.807, 2.05) is 25.1 Å². The Morgan fingerprint density at radius 3 is 2.64 bits per heavy atom. The molecular weight excluding hydrogens is 382 g/mol. The maximum atomic E-state index is 11.8. The van der Waals surface area contributed by atoms with E-state index < -0.39 is 11.9 Å². The molecule has 0 heterocycles. The van der Waals surface area contributed by atoms with Crippen LogP contribution in [0.25, 0.3) is 6.08 Å². The molecule has 0 saturated heterocycles. The molecular formula is C21H22ClNO5. The van der Waals surface area contributed by atoms with Gasteiger partial charge in [-0.25, -0.2) is 4.79 Å². The third-order valence-corrected chi connectivity index (χ3v) is 4.05. The van der Waals surface area contributed by atoms with Crippen molar-refractivity contribution in [3.63, 3.8) is 0 Å². The number of esters is 1. The number of benzene rings is 2. The molecule has 1 N–H and O–H groups in total. The van der Waals surface area contributed by atoms with Gasteiger partial charge < -0.3 is 19.5 Å². The molecule has 0 unspecified atom stereocenters. The van der Waals surface area contributed by atoms with Crippen LogP contribution >= 0.6 is 11.6 Å². The van der Waals surface area contributed by atoms with Crippen molar-refractivity contribution in [2.75, 3.05) is 20.3 Å². The number of hydrogen-bond donors (Lipinski definition) is 1. The fraction of sp³-hybridized carbons (Fsp3) is 0.238. The summed E-state index contributed by atoms with van der Waals surface area (Å²) in [6.45, 7) is 2.29. The van der Waals surface area contributed by atoms with Gasteiger partial charge in [0, 0.05) is 17.6 Å². The first-order valence-corrected chi connectivity index (χ1v) is 9.07. The highest BCUT2D eigenvalue weighted by Crippen LogP contribution is 2.28. The first-order chi connectivity index (χ1) is 13.5. The zero-order valence-corrected chi connectivity index (χ0v) is 16.5. The van der Waals surface area contributed by atoms with E-state index >= 15 is 0 Å². The molecule has 7 heteroatoms. The van der Waals surface area contributed by atoms with Crippen LogP contribution in [0, 0.1) is 0 Å². The molecule has 0 bridgehead atoms. The minimum absolute atomic E-state index is 0.262. The lowest BCUT2D eigenvalue weighted by atomic mass is 10.2. The summed E-state index contributed by atoms with van der Waals surface area (Å²) in [4.78, 5) is 23.6. The van der Waals surface area contributed by atoms with Crippen molar-refractivity contribution < 1.29 is 23.8 Å². The number of ether oxygens (including phenoxy) is 3. The van der Waals surface area contributed by atoms with Gasteiger partial charge in [-0.3, -0.25) is 4.79 Å². The molecule has 148 valence electrons. The zero-order valence-electron chi connectivity index (χ0n) is 15.7. The lowest BCUT2D eigenvalue weighted by molar-refractivity contribution is -0.143. The second-order valence-corrected chi connectivity index (χ2v) is 6.06. The SMILES string of the molecule is CCOc1ccc(/C=C/C(=O)OCC(=O)NCc2ccccc2Cl)cc1OC. The molecule has 0 spiro atoms. The van der Waals surface area contributed by atoms with Gasteiger partial charge in [-0.2, -0.15) is 0 Å². The maximum Gasteiger partial charge on any atom is 0.331 e. The normalized spacial score (nSPS) is 10.5. The second kappa shape index (κ2) is 11.0. The number of rotatable bonds is 9. The Kier molecular flexibility index (Phi) is 8.37. The van der Waals surface area contributed by atoms with Gasteiger partial charge in [0.05, 0.1) is 13.7 Å². The number of nitrogens with one attached hydrogen (secondary N) is 1. The first kappa shape index (κ1) is 21.3. The molecule has 0 fully saturated rings. The van der Waals surface area contributed by atoms with E-state index in [0.717, 1.165) is 11.1 Å². The molecule has 0 aliphatic rings. The number of methoxy groups -OCH3 is 1. The quantitative estimate of drug-likeness (QED) is 0.511. The molecule has 1 amide bonds. The molecule has 0 radical (unpaired) electrons. The predicted octanol–water partition coefficient (Wildman–Crippen LogP) is 3.62. The third kappa shape index (κ3) is 6.63. The van der Waals surface area contributed by atoms with Gasteiger partial charge in [0.1, 0.15) is 0 Å². The van der Waals surface area contributed by atoms with Crippen molar-refractivity contribution in [2.45, 2.75) is 13.5 Å². The molecule has 0 aromatic heterocycles. The van der Waals surface area contributed by atoms with Gasteiger partial charge >= 0.3 is 5.97 Å². The fourth-order valence-electron chi connectivity index (χ4n) is 2.30. The lowest BCUT2D eigenvalue weighted by Crippen LogP contribution is -2.28. The van der Waals surface area contributed by atoms with Gasteiger partial charge in [-0.05, 0) is 42.3 Å². The van der Waals surface area contributed by atoms with Crippen molar-refractivity contribution in [1.82, 2.24) is 5.32 Å². The average molecular weight is 404 g/mol. The van der Waals surface area contributed by atoms with Crippen LogP contribution in [0.4, 0.5) is 0 Å². The largest absolute Gasteiger partial charge is 0.493 e. The van der Waals surface area contributed by atoms with E-state index in [4.69, 9.17) is 25.8 Å². The van der Waals surface area contributed by atoms with Gasteiger partial charge in [0.2, 0.25) is 0 Å². The Balaban J connectivity index is 1.81. The van der Waals surface area contributed by atoms with E-state index in [1.54, 1.807) is 37.5 Å². The topological polar surface area (TPSA) is 73.9 Å². The van der Waals surface area contributed by atoms with Gasteiger partial charge in [0.15, 0.2) is 18.1 Å². The maximum absolute atomic E-state index is 11.8. The van der Waals surface area contributed by atoms with Crippen molar-refractivity contribution in [3.05, 3.63) is 64.7 Å². The summed E-state index contributed by atoms with van der Waals surface area (Å²) >= 11 is 6.02. The van der Waals surface area contributed by atoms with Crippen molar-refractivity contribution in [2.24, 2.45) is 0 Å². The third-order valence-electron chi connectivity index (χ3n) is 3.68. The predicted molar refractivity (Wildman–Crippen MR) is 107 cm³/mol. The Morgan fingerprint density at radius 1 is 1.14 bits per heavy atom. The minimum Gasteiger partial charge on any atom is -0.493 e. The van der Waals surface area contributed by atoms with E-state index in [2.05, 4.69) is 5.32 Å². The summed E-state index contributed by atoms with van der Waals surface area (Å²) in [5.41, 5.74) is 1.52. The Hall–Kier alpha value is -2.99. The highest BCUT2D eigenvalue weighted by Gasteiger charge is 2.07. The average Bonchev–Trinajstić information content (AvgIpc) is 2.71.